The van der Waals surface area contributed by atoms with E-state index in [4.69, 9.17) is 5.41 Å². The lowest BCUT2D eigenvalue weighted by atomic mass is 9.98. The molecule has 0 amide bonds. The van der Waals surface area contributed by atoms with Crippen molar-refractivity contribution in [1.29, 1.82) is 5.41 Å². The largest absolute Gasteiger partial charge is 0.506 e. The molecule has 0 saturated heterocycles. The Bertz CT molecular complexity index is 804. The third kappa shape index (κ3) is 2.45. The molecule has 106 valence electrons. The number of nitrogens with one attached hydrogen (secondary N) is 1. The first-order chi connectivity index (χ1) is 10.2. The highest BCUT2D eigenvalue weighted by Gasteiger charge is 2.17. The molecule has 1 heterocycles. The van der Waals surface area contributed by atoms with Gasteiger partial charge in [-0.05, 0) is 24.1 Å². The van der Waals surface area contributed by atoms with Gasteiger partial charge in [-0.2, -0.15) is 0 Å². The molecule has 0 atom stereocenters. The fourth-order valence-corrected chi connectivity index (χ4v) is 3.64. The summed E-state index contributed by atoms with van der Waals surface area (Å²) in [4.78, 5) is 0.653. The number of rotatable bonds is 4. The van der Waals surface area contributed by atoms with Gasteiger partial charge >= 0.3 is 0 Å². The molecule has 0 aliphatic carbocycles. The number of hydrogen-bond acceptors (Lipinski definition) is 3. The maximum atomic E-state index is 10.4. The average molecular weight is 295 g/mol. The van der Waals surface area contributed by atoms with E-state index >= 15 is 0 Å². The van der Waals surface area contributed by atoms with Crippen LogP contribution in [0, 0.1) is 5.41 Å². The molecule has 3 heteroatoms. The van der Waals surface area contributed by atoms with Crippen molar-refractivity contribution in [3.8, 4) is 5.75 Å². The van der Waals surface area contributed by atoms with Gasteiger partial charge in [0, 0.05) is 15.6 Å². The van der Waals surface area contributed by atoms with E-state index in [1.807, 2.05) is 42.5 Å². The Kier molecular flexibility index (Phi) is 3.76. The van der Waals surface area contributed by atoms with E-state index in [9.17, 15) is 5.11 Å². The molecule has 3 rings (SSSR count). The van der Waals surface area contributed by atoms with Gasteiger partial charge in [0.2, 0.25) is 0 Å². The van der Waals surface area contributed by atoms with Gasteiger partial charge in [0.25, 0.3) is 0 Å². The molecule has 0 saturated carbocycles. The van der Waals surface area contributed by atoms with Crippen molar-refractivity contribution in [1.82, 2.24) is 0 Å². The van der Waals surface area contributed by atoms with E-state index < -0.39 is 0 Å². The minimum atomic E-state index is 0.229. The monoisotopic (exact) mass is 295 g/mol. The third-order valence-corrected chi connectivity index (χ3v) is 4.78. The maximum absolute atomic E-state index is 10.4. The molecule has 2 aromatic carbocycles. The number of hydrogen-bond donors (Lipinski definition) is 2. The molecule has 0 fully saturated rings. The molecule has 0 unspecified atom stereocenters. The highest BCUT2D eigenvalue weighted by atomic mass is 32.1. The lowest BCUT2D eigenvalue weighted by molar-refractivity contribution is 0.482. The molecule has 0 aliphatic rings. The number of aromatic hydroxyl groups is 1. The van der Waals surface area contributed by atoms with Gasteiger partial charge in [-0.1, -0.05) is 49.7 Å². The van der Waals surface area contributed by atoms with Crippen LogP contribution < -0.4 is 0 Å². The summed E-state index contributed by atoms with van der Waals surface area (Å²) >= 11 is 1.48. The van der Waals surface area contributed by atoms with E-state index in [2.05, 4.69) is 13.0 Å². The van der Waals surface area contributed by atoms with Crippen molar-refractivity contribution in [2.45, 2.75) is 19.8 Å². The fourth-order valence-electron chi connectivity index (χ4n) is 2.58. The summed E-state index contributed by atoms with van der Waals surface area (Å²) in [6.45, 7) is 2.14. The number of fused-ring (bicyclic) bond motifs is 1. The zero-order valence-corrected chi connectivity index (χ0v) is 12.7. The summed E-state index contributed by atoms with van der Waals surface area (Å²) < 4.78 is 1.02. The fraction of sp³-hybridized carbons (Fsp3) is 0.167. The lowest BCUT2D eigenvalue weighted by Gasteiger charge is -2.09. The van der Waals surface area contributed by atoms with Gasteiger partial charge in [-0.25, -0.2) is 0 Å². The summed E-state index contributed by atoms with van der Waals surface area (Å²) in [6, 6.07) is 15.7. The van der Waals surface area contributed by atoms with Crippen LogP contribution in [0.1, 0.15) is 29.3 Å². The molecule has 2 N–H and O–H groups in total. The Labute approximate surface area is 128 Å². The predicted octanol–water partition coefficient (Wildman–Crippen LogP) is 4.98. The van der Waals surface area contributed by atoms with Crippen molar-refractivity contribution in [2.75, 3.05) is 0 Å². The molecular formula is C18H17NOS. The first-order valence-corrected chi connectivity index (χ1v) is 7.91. The van der Waals surface area contributed by atoms with Crippen molar-refractivity contribution in [3.63, 3.8) is 0 Å². The van der Waals surface area contributed by atoms with Gasteiger partial charge < -0.3 is 5.11 Å². The maximum Gasteiger partial charge on any atom is 0.143 e. The molecule has 3 aromatic rings. The van der Waals surface area contributed by atoms with Crippen LogP contribution in [-0.4, -0.2) is 10.8 Å². The lowest BCUT2D eigenvalue weighted by Crippen LogP contribution is -2.03. The number of thiophene rings is 1. The molecule has 0 radical (unpaired) electrons. The van der Waals surface area contributed by atoms with Gasteiger partial charge in [-0.15, -0.1) is 11.3 Å². The quantitative estimate of drug-likeness (QED) is 0.655. The van der Waals surface area contributed by atoms with Crippen LogP contribution in [0.2, 0.25) is 0 Å². The average Bonchev–Trinajstić information content (AvgIpc) is 2.85. The van der Waals surface area contributed by atoms with E-state index in [1.165, 1.54) is 16.9 Å². The van der Waals surface area contributed by atoms with Crippen LogP contribution in [0.3, 0.4) is 0 Å². The minimum absolute atomic E-state index is 0.229. The highest BCUT2D eigenvalue weighted by molar-refractivity contribution is 7.21. The Morgan fingerprint density at radius 1 is 1.10 bits per heavy atom. The molecule has 2 nitrogen and oxygen atoms in total. The van der Waals surface area contributed by atoms with Gasteiger partial charge in [0.05, 0.1) is 10.6 Å². The second-order valence-corrected chi connectivity index (χ2v) is 6.11. The minimum Gasteiger partial charge on any atom is -0.506 e. The summed E-state index contributed by atoms with van der Waals surface area (Å²) in [5, 5.41) is 19.8. The van der Waals surface area contributed by atoms with Crippen LogP contribution in [0.25, 0.3) is 10.1 Å². The normalized spacial score (nSPS) is 10.9. The van der Waals surface area contributed by atoms with E-state index in [-0.39, 0.29) is 5.75 Å². The van der Waals surface area contributed by atoms with Crippen LogP contribution in [-0.2, 0) is 6.42 Å². The van der Waals surface area contributed by atoms with Crippen molar-refractivity contribution < 1.29 is 5.11 Å². The second-order valence-electron chi connectivity index (χ2n) is 5.06. The van der Waals surface area contributed by atoms with Gasteiger partial charge in [0.1, 0.15) is 5.75 Å². The standard InChI is InChI=1S/C18H17NOS/c1-2-7-12-8-3-4-9-13(12)16(19)18-17(20)14-10-5-6-11-15(14)21-18/h3-6,8-11,19-20H,2,7H2,1H3. The van der Waals surface area contributed by atoms with Crippen LogP contribution >= 0.6 is 11.3 Å². The number of benzene rings is 2. The Morgan fingerprint density at radius 3 is 2.57 bits per heavy atom. The van der Waals surface area contributed by atoms with Crippen LogP contribution in [0.15, 0.2) is 48.5 Å². The predicted molar refractivity (Wildman–Crippen MR) is 89.9 cm³/mol. The first kappa shape index (κ1) is 13.8. The van der Waals surface area contributed by atoms with E-state index in [1.54, 1.807) is 0 Å². The zero-order chi connectivity index (χ0) is 14.8. The summed E-state index contributed by atoms with van der Waals surface area (Å²) in [6.07, 6.45) is 1.99. The van der Waals surface area contributed by atoms with Gasteiger partial charge in [-0.3, -0.25) is 5.41 Å². The van der Waals surface area contributed by atoms with Crippen LogP contribution in [0.4, 0.5) is 0 Å². The topological polar surface area (TPSA) is 44.1 Å². The molecule has 0 aliphatic heterocycles. The highest BCUT2D eigenvalue weighted by Crippen LogP contribution is 2.38. The third-order valence-electron chi connectivity index (χ3n) is 3.60. The molecular weight excluding hydrogens is 278 g/mol. The van der Waals surface area contributed by atoms with E-state index in [0.717, 1.165) is 28.5 Å². The van der Waals surface area contributed by atoms with Crippen molar-refractivity contribution >= 4 is 27.1 Å². The Hall–Kier alpha value is -2.13. The summed E-state index contributed by atoms with van der Waals surface area (Å²) in [5.41, 5.74) is 2.50. The number of aryl methyl sites for hydroxylation is 1. The molecule has 1 aromatic heterocycles. The SMILES string of the molecule is CCCc1ccccc1C(=N)c1sc2ccccc2c1O. The van der Waals surface area contributed by atoms with Crippen molar-refractivity contribution in [2.24, 2.45) is 0 Å². The van der Waals surface area contributed by atoms with Crippen LogP contribution in [0.5, 0.6) is 5.75 Å². The van der Waals surface area contributed by atoms with E-state index in [0.29, 0.717) is 10.6 Å². The zero-order valence-electron chi connectivity index (χ0n) is 11.9. The Balaban J connectivity index is 2.11. The summed E-state index contributed by atoms with van der Waals surface area (Å²) in [5.74, 6) is 0.229. The van der Waals surface area contributed by atoms with Gasteiger partial charge in [0.15, 0.2) is 0 Å². The first-order valence-electron chi connectivity index (χ1n) is 7.10. The molecule has 0 bridgehead atoms. The molecule has 0 spiro atoms. The molecule has 21 heavy (non-hydrogen) atoms. The van der Waals surface area contributed by atoms with Crippen molar-refractivity contribution in [3.05, 3.63) is 64.5 Å². The smallest absolute Gasteiger partial charge is 0.143 e. The second kappa shape index (κ2) is 5.70. The summed E-state index contributed by atoms with van der Waals surface area (Å²) in [7, 11) is 0. The Morgan fingerprint density at radius 2 is 1.81 bits per heavy atom.